The maximum atomic E-state index is 13.2. The molecule has 0 unspecified atom stereocenters. The predicted molar refractivity (Wildman–Crippen MR) is 125 cm³/mol. The standard InChI is InChI=1S/C23H31N3O4S/c1-5-7-16-24-22(27)19-10-8-9-11-20(19)25-23(28)21(6-2)26(31(4,29)30)18-14-12-17(3)13-15-18/h8-15,21H,5-7,16H2,1-4H3,(H,24,27)(H,25,28)/t21-/m1/s1. The molecular formula is C23H31N3O4S. The van der Waals surface area contributed by atoms with Crippen LogP contribution in [-0.4, -0.2) is 39.1 Å². The molecule has 8 heteroatoms. The van der Waals surface area contributed by atoms with E-state index in [0.717, 1.165) is 29.0 Å². The minimum Gasteiger partial charge on any atom is -0.352 e. The molecular weight excluding hydrogens is 414 g/mol. The summed E-state index contributed by atoms with van der Waals surface area (Å²) >= 11 is 0. The Kier molecular flexibility index (Phi) is 8.62. The number of aryl methyl sites for hydroxylation is 1. The van der Waals surface area contributed by atoms with Crippen LogP contribution in [0, 0.1) is 6.92 Å². The number of carbonyl (C=O) groups is 2. The van der Waals surface area contributed by atoms with Crippen LogP contribution in [0.4, 0.5) is 11.4 Å². The summed E-state index contributed by atoms with van der Waals surface area (Å²) in [5.41, 5.74) is 2.08. The van der Waals surface area contributed by atoms with E-state index in [-0.39, 0.29) is 12.3 Å². The number of amides is 2. The van der Waals surface area contributed by atoms with E-state index in [1.165, 1.54) is 0 Å². The summed E-state index contributed by atoms with van der Waals surface area (Å²) in [5, 5.41) is 5.60. The van der Waals surface area contributed by atoms with Gasteiger partial charge in [0.1, 0.15) is 6.04 Å². The van der Waals surface area contributed by atoms with Crippen molar-refractivity contribution >= 4 is 33.2 Å². The Morgan fingerprint density at radius 1 is 1.03 bits per heavy atom. The van der Waals surface area contributed by atoms with Gasteiger partial charge in [0, 0.05) is 6.54 Å². The highest BCUT2D eigenvalue weighted by Gasteiger charge is 2.32. The summed E-state index contributed by atoms with van der Waals surface area (Å²) in [7, 11) is -3.73. The van der Waals surface area contributed by atoms with Crippen molar-refractivity contribution in [3.63, 3.8) is 0 Å². The second-order valence-electron chi connectivity index (χ2n) is 7.46. The molecule has 0 saturated carbocycles. The average Bonchev–Trinajstić information content (AvgIpc) is 2.72. The van der Waals surface area contributed by atoms with Crippen LogP contribution in [0.5, 0.6) is 0 Å². The topological polar surface area (TPSA) is 95.6 Å². The third-order valence-corrected chi connectivity index (χ3v) is 6.04. The number of benzene rings is 2. The second kappa shape index (κ2) is 10.9. The van der Waals surface area contributed by atoms with E-state index >= 15 is 0 Å². The van der Waals surface area contributed by atoms with Crippen LogP contribution in [0.3, 0.4) is 0 Å². The molecule has 0 radical (unpaired) electrons. The van der Waals surface area contributed by atoms with Crippen LogP contribution in [0.25, 0.3) is 0 Å². The summed E-state index contributed by atoms with van der Waals surface area (Å²) in [6.45, 7) is 6.23. The molecule has 0 aliphatic carbocycles. The molecule has 0 aliphatic rings. The molecule has 2 amide bonds. The van der Waals surface area contributed by atoms with Gasteiger partial charge in [0.15, 0.2) is 0 Å². The van der Waals surface area contributed by atoms with Gasteiger partial charge in [-0.15, -0.1) is 0 Å². The molecule has 0 saturated heterocycles. The highest BCUT2D eigenvalue weighted by molar-refractivity contribution is 7.92. The molecule has 1 atom stereocenters. The Balaban J connectivity index is 2.32. The second-order valence-corrected chi connectivity index (χ2v) is 9.32. The number of carbonyl (C=O) groups excluding carboxylic acids is 2. The van der Waals surface area contributed by atoms with Crippen molar-refractivity contribution in [3.8, 4) is 0 Å². The lowest BCUT2D eigenvalue weighted by atomic mass is 10.1. The number of rotatable bonds is 10. The van der Waals surface area contributed by atoms with Crippen LogP contribution >= 0.6 is 0 Å². The Bertz CT molecular complexity index is 1000. The normalized spacial score (nSPS) is 12.1. The number of sulfonamides is 1. The van der Waals surface area contributed by atoms with E-state index in [0.29, 0.717) is 23.5 Å². The van der Waals surface area contributed by atoms with E-state index in [1.807, 2.05) is 13.8 Å². The largest absolute Gasteiger partial charge is 0.352 e. The first-order valence-electron chi connectivity index (χ1n) is 10.4. The van der Waals surface area contributed by atoms with Crippen molar-refractivity contribution in [2.24, 2.45) is 0 Å². The Hall–Kier alpha value is -2.87. The lowest BCUT2D eigenvalue weighted by molar-refractivity contribution is -0.117. The van der Waals surface area contributed by atoms with Gasteiger partial charge in [-0.05, 0) is 44.0 Å². The number of nitrogens with one attached hydrogen (secondary N) is 2. The van der Waals surface area contributed by atoms with Crippen molar-refractivity contribution in [1.29, 1.82) is 0 Å². The van der Waals surface area contributed by atoms with Crippen molar-refractivity contribution < 1.29 is 18.0 Å². The average molecular weight is 446 g/mol. The lowest BCUT2D eigenvalue weighted by Crippen LogP contribution is -2.47. The first-order chi connectivity index (χ1) is 14.7. The third kappa shape index (κ3) is 6.55. The SMILES string of the molecule is CCCCNC(=O)c1ccccc1NC(=O)[C@@H](CC)N(c1ccc(C)cc1)S(C)(=O)=O. The summed E-state index contributed by atoms with van der Waals surface area (Å²) in [6, 6.07) is 12.7. The Labute approximate surface area is 184 Å². The zero-order chi connectivity index (χ0) is 23.0. The Morgan fingerprint density at radius 3 is 2.26 bits per heavy atom. The quantitative estimate of drug-likeness (QED) is 0.545. The highest BCUT2D eigenvalue weighted by atomic mass is 32.2. The molecule has 2 aromatic rings. The number of anilines is 2. The van der Waals surface area contributed by atoms with Crippen LogP contribution in [0.15, 0.2) is 48.5 Å². The maximum Gasteiger partial charge on any atom is 0.253 e. The lowest BCUT2D eigenvalue weighted by Gasteiger charge is -2.30. The monoisotopic (exact) mass is 445 g/mol. The molecule has 2 rings (SSSR count). The van der Waals surface area contributed by atoms with Gasteiger partial charge in [0.25, 0.3) is 5.91 Å². The molecule has 2 N–H and O–H groups in total. The molecule has 0 heterocycles. The first-order valence-corrected chi connectivity index (χ1v) is 12.3. The smallest absolute Gasteiger partial charge is 0.253 e. The van der Waals surface area contributed by atoms with Crippen molar-refractivity contribution in [2.75, 3.05) is 22.4 Å². The minimum absolute atomic E-state index is 0.262. The van der Waals surface area contributed by atoms with Gasteiger partial charge in [0.2, 0.25) is 15.9 Å². The molecule has 0 bridgehead atoms. The van der Waals surface area contributed by atoms with Crippen LogP contribution in [0.2, 0.25) is 0 Å². The van der Waals surface area contributed by atoms with E-state index in [2.05, 4.69) is 10.6 Å². The number of hydrogen-bond donors (Lipinski definition) is 2. The molecule has 31 heavy (non-hydrogen) atoms. The Morgan fingerprint density at radius 2 is 1.68 bits per heavy atom. The summed E-state index contributed by atoms with van der Waals surface area (Å²) < 4.78 is 26.3. The predicted octanol–water partition coefficient (Wildman–Crippen LogP) is 3.71. The number of hydrogen-bond acceptors (Lipinski definition) is 4. The van der Waals surface area contributed by atoms with Crippen LogP contribution in [-0.2, 0) is 14.8 Å². The van der Waals surface area contributed by atoms with Gasteiger partial charge < -0.3 is 10.6 Å². The third-order valence-electron chi connectivity index (χ3n) is 4.86. The van der Waals surface area contributed by atoms with Gasteiger partial charge in [-0.1, -0.05) is 50.1 Å². The molecule has 168 valence electrons. The van der Waals surface area contributed by atoms with Crippen molar-refractivity contribution in [3.05, 3.63) is 59.7 Å². The summed E-state index contributed by atoms with van der Waals surface area (Å²) in [6.07, 6.45) is 3.16. The van der Waals surface area contributed by atoms with Gasteiger partial charge in [-0.25, -0.2) is 8.42 Å². The van der Waals surface area contributed by atoms with Crippen LogP contribution < -0.4 is 14.9 Å². The van der Waals surface area contributed by atoms with Gasteiger partial charge >= 0.3 is 0 Å². The number of para-hydroxylation sites is 1. The fraction of sp³-hybridized carbons (Fsp3) is 0.391. The molecule has 0 aliphatic heterocycles. The summed E-state index contributed by atoms with van der Waals surface area (Å²) in [5.74, 6) is -0.779. The van der Waals surface area contributed by atoms with E-state index in [4.69, 9.17) is 0 Å². The zero-order valence-corrected chi connectivity index (χ0v) is 19.3. The minimum atomic E-state index is -3.73. The maximum absolute atomic E-state index is 13.2. The molecule has 7 nitrogen and oxygen atoms in total. The van der Waals surface area contributed by atoms with Crippen molar-refractivity contribution in [1.82, 2.24) is 5.32 Å². The van der Waals surface area contributed by atoms with Crippen LogP contribution in [0.1, 0.15) is 49.0 Å². The van der Waals surface area contributed by atoms with E-state index in [9.17, 15) is 18.0 Å². The molecule has 0 spiro atoms. The molecule has 0 aromatic heterocycles. The first kappa shape index (κ1) is 24.4. The summed E-state index contributed by atoms with van der Waals surface area (Å²) in [4.78, 5) is 25.7. The molecule has 0 fully saturated rings. The van der Waals surface area contributed by atoms with Gasteiger partial charge in [0.05, 0.1) is 23.2 Å². The number of nitrogens with zero attached hydrogens (tertiary/aromatic N) is 1. The van der Waals surface area contributed by atoms with E-state index < -0.39 is 22.0 Å². The number of unbranched alkanes of at least 4 members (excludes halogenated alkanes) is 1. The zero-order valence-electron chi connectivity index (χ0n) is 18.5. The fourth-order valence-electron chi connectivity index (χ4n) is 3.23. The van der Waals surface area contributed by atoms with E-state index in [1.54, 1.807) is 55.5 Å². The molecule has 2 aromatic carbocycles. The fourth-order valence-corrected chi connectivity index (χ4v) is 4.44. The van der Waals surface area contributed by atoms with Crippen molar-refractivity contribution in [2.45, 2.75) is 46.1 Å². The highest BCUT2D eigenvalue weighted by Crippen LogP contribution is 2.24. The van der Waals surface area contributed by atoms with Gasteiger partial charge in [-0.2, -0.15) is 0 Å². The van der Waals surface area contributed by atoms with Gasteiger partial charge in [-0.3, -0.25) is 13.9 Å².